The van der Waals surface area contributed by atoms with Gasteiger partial charge in [-0.25, -0.2) is 21.6 Å². The highest BCUT2D eigenvalue weighted by molar-refractivity contribution is 7.89. The Bertz CT molecular complexity index is 627. The maximum absolute atomic E-state index is 13.7. The van der Waals surface area contributed by atoms with Crippen LogP contribution in [0.1, 0.15) is 19.8 Å². The van der Waals surface area contributed by atoms with E-state index in [-0.39, 0.29) is 31.1 Å². The number of hydrogen-bond donors (Lipinski definition) is 1. The molecule has 1 saturated heterocycles. The Morgan fingerprint density at radius 1 is 1.14 bits per heavy atom. The molecule has 0 saturated carbocycles. The van der Waals surface area contributed by atoms with Gasteiger partial charge < -0.3 is 5.73 Å². The third-order valence-corrected chi connectivity index (χ3v) is 5.75. The van der Waals surface area contributed by atoms with Crippen LogP contribution < -0.4 is 5.73 Å². The van der Waals surface area contributed by atoms with Gasteiger partial charge in [0.05, 0.1) is 0 Å². The lowest BCUT2D eigenvalue weighted by atomic mass is 9.92. The summed E-state index contributed by atoms with van der Waals surface area (Å²) in [4.78, 5) is -0.833. The van der Waals surface area contributed by atoms with Gasteiger partial charge in [0.25, 0.3) is 0 Å². The lowest BCUT2D eigenvalue weighted by Gasteiger charge is -2.32. The molecule has 1 aliphatic rings. The predicted molar refractivity (Wildman–Crippen MR) is 71.4 cm³/mol. The summed E-state index contributed by atoms with van der Waals surface area (Å²) in [7, 11) is -4.17. The van der Waals surface area contributed by atoms with Crippen molar-refractivity contribution in [2.75, 3.05) is 13.1 Å². The van der Waals surface area contributed by atoms with Crippen molar-refractivity contribution in [2.24, 2.45) is 11.7 Å². The fourth-order valence-corrected chi connectivity index (χ4v) is 4.01. The number of hydrogen-bond acceptors (Lipinski definition) is 3. The van der Waals surface area contributed by atoms with Gasteiger partial charge in [0.15, 0.2) is 11.6 Å². The zero-order valence-corrected chi connectivity index (χ0v) is 12.3. The maximum atomic E-state index is 13.7. The van der Waals surface area contributed by atoms with Gasteiger partial charge >= 0.3 is 0 Å². The number of nitrogens with two attached hydrogens (primary N) is 1. The molecule has 1 heterocycles. The van der Waals surface area contributed by atoms with E-state index in [0.29, 0.717) is 18.9 Å². The standard InChI is InChI=1S/C13H17F3N2O2S/c1-8(17)9-2-4-18(5-3-9)21(19,20)13-7-11(15)10(14)6-12(13)16/h6-9H,2-5,17H2,1H3. The molecule has 0 amide bonds. The summed E-state index contributed by atoms with van der Waals surface area (Å²) in [5.41, 5.74) is 5.77. The van der Waals surface area contributed by atoms with Crippen LogP contribution in [0.5, 0.6) is 0 Å². The van der Waals surface area contributed by atoms with Crippen LogP contribution in [0, 0.1) is 23.4 Å². The molecule has 0 bridgehead atoms. The Hall–Kier alpha value is -1.12. The lowest BCUT2D eigenvalue weighted by Crippen LogP contribution is -2.42. The molecule has 2 rings (SSSR count). The molecule has 0 radical (unpaired) electrons. The van der Waals surface area contributed by atoms with E-state index in [1.54, 1.807) is 0 Å². The number of sulfonamides is 1. The zero-order chi connectivity index (χ0) is 15.8. The number of nitrogens with zero attached hydrogens (tertiary/aromatic N) is 1. The largest absolute Gasteiger partial charge is 0.328 e. The molecule has 1 atom stereocenters. The van der Waals surface area contributed by atoms with Crippen molar-refractivity contribution < 1.29 is 21.6 Å². The van der Waals surface area contributed by atoms with E-state index >= 15 is 0 Å². The third-order valence-electron chi connectivity index (χ3n) is 3.83. The summed E-state index contributed by atoms with van der Waals surface area (Å²) in [6.07, 6.45) is 1.12. The van der Waals surface area contributed by atoms with Crippen molar-refractivity contribution in [3.8, 4) is 0 Å². The van der Waals surface area contributed by atoms with Gasteiger partial charge in [-0.2, -0.15) is 4.31 Å². The molecule has 1 aromatic carbocycles. The average Bonchev–Trinajstić information content (AvgIpc) is 2.42. The van der Waals surface area contributed by atoms with Crippen LogP contribution in [-0.4, -0.2) is 31.9 Å². The average molecular weight is 322 g/mol. The molecule has 0 spiro atoms. The molecular weight excluding hydrogens is 305 g/mol. The summed E-state index contributed by atoms with van der Waals surface area (Å²) >= 11 is 0. The van der Waals surface area contributed by atoms with Gasteiger partial charge in [-0.15, -0.1) is 0 Å². The molecule has 2 N–H and O–H groups in total. The molecule has 0 aromatic heterocycles. The molecular formula is C13H17F3N2O2S. The Labute approximate surface area is 121 Å². The highest BCUT2D eigenvalue weighted by Crippen LogP contribution is 2.27. The van der Waals surface area contributed by atoms with Gasteiger partial charge in [-0.05, 0) is 31.7 Å². The van der Waals surface area contributed by atoms with E-state index in [1.807, 2.05) is 6.92 Å². The van der Waals surface area contributed by atoms with E-state index in [1.165, 1.54) is 0 Å². The van der Waals surface area contributed by atoms with E-state index < -0.39 is 32.4 Å². The SMILES string of the molecule is CC(N)C1CCN(S(=O)(=O)c2cc(F)c(F)cc2F)CC1. The number of halogens is 3. The highest BCUT2D eigenvalue weighted by Gasteiger charge is 2.33. The van der Waals surface area contributed by atoms with Crippen LogP contribution in [0.15, 0.2) is 17.0 Å². The first-order valence-electron chi connectivity index (χ1n) is 6.63. The van der Waals surface area contributed by atoms with E-state index in [9.17, 15) is 21.6 Å². The first-order valence-corrected chi connectivity index (χ1v) is 8.07. The summed E-state index contributed by atoms with van der Waals surface area (Å²) in [5.74, 6) is -3.89. The minimum Gasteiger partial charge on any atom is -0.328 e. The Kier molecular flexibility index (Phi) is 4.60. The first-order chi connectivity index (χ1) is 9.73. The molecule has 1 aliphatic heterocycles. The van der Waals surface area contributed by atoms with Crippen LogP contribution in [0.3, 0.4) is 0 Å². The van der Waals surface area contributed by atoms with Crippen LogP contribution in [0.4, 0.5) is 13.2 Å². The Morgan fingerprint density at radius 2 is 1.67 bits per heavy atom. The van der Waals surface area contributed by atoms with Crippen molar-refractivity contribution in [1.82, 2.24) is 4.31 Å². The topological polar surface area (TPSA) is 63.4 Å². The number of benzene rings is 1. The maximum Gasteiger partial charge on any atom is 0.246 e. The minimum atomic E-state index is -4.17. The molecule has 8 heteroatoms. The highest BCUT2D eigenvalue weighted by atomic mass is 32.2. The molecule has 21 heavy (non-hydrogen) atoms. The van der Waals surface area contributed by atoms with E-state index in [2.05, 4.69) is 0 Å². The second-order valence-electron chi connectivity index (χ2n) is 5.30. The monoisotopic (exact) mass is 322 g/mol. The smallest absolute Gasteiger partial charge is 0.246 e. The molecule has 0 aliphatic carbocycles. The van der Waals surface area contributed by atoms with Crippen molar-refractivity contribution in [1.29, 1.82) is 0 Å². The molecule has 118 valence electrons. The van der Waals surface area contributed by atoms with E-state index in [0.717, 1.165) is 4.31 Å². The molecule has 1 fully saturated rings. The second kappa shape index (κ2) is 5.94. The van der Waals surface area contributed by atoms with Gasteiger partial charge in [0.1, 0.15) is 10.7 Å². The number of rotatable bonds is 3. The quantitative estimate of drug-likeness (QED) is 0.864. The summed E-state index contributed by atoms with van der Waals surface area (Å²) in [6.45, 7) is 2.23. The van der Waals surface area contributed by atoms with Gasteiger partial charge in [-0.1, -0.05) is 0 Å². The summed E-state index contributed by atoms with van der Waals surface area (Å²) < 4.78 is 65.4. The third kappa shape index (κ3) is 3.22. The van der Waals surface area contributed by atoms with Gasteiger partial charge in [-0.3, -0.25) is 0 Å². The normalized spacial score (nSPS) is 19.7. The first kappa shape index (κ1) is 16.3. The zero-order valence-electron chi connectivity index (χ0n) is 11.5. The van der Waals surface area contributed by atoms with Gasteiger partial charge in [0, 0.05) is 25.2 Å². The van der Waals surface area contributed by atoms with Crippen molar-refractivity contribution in [2.45, 2.75) is 30.7 Å². The predicted octanol–water partition coefficient (Wildman–Crippen LogP) is 1.85. The second-order valence-corrected chi connectivity index (χ2v) is 7.20. The Balaban J connectivity index is 2.26. The van der Waals surface area contributed by atoms with Crippen molar-refractivity contribution in [3.63, 3.8) is 0 Å². The minimum absolute atomic E-state index is 0.0464. The molecule has 4 nitrogen and oxygen atoms in total. The lowest BCUT2D eigenvalue weighted by molar-refractivity contribution is 0.250. The van der Waals surface area contributed by atoms with Crippen LogP contribution in [0.2, 0.25) is 0 Å². The molecule has 1 aromatic rings. The van der Waals surface area contributed by atoms with E-state index in [4.69, 9.17) is 5.73 Å². The van der Waals surface area contributed by atoms with Crippen LogP contribution in [0.25, 0.3) is 0 Å². The van der Waals surface area contributed by atoms with Crippen LogP contribution >= 0.6 is 0 Å². The van der Waals surface area contributed by atoms with Crippen molar-refractivity contribution in [3.05, 3.63) is 29.6 Å². The fourth-order valence-electron chi connectivity index (χ4n) is 2.48. The Morgan fingerprint density at radius 3 is 2.19 bits per heavy atom. The fraction of sp³-hybridized carbons (Fsp3) is 0.538. The summed E-state index contributed by atoms with van der Waals surface area (Å²) in [6, 6.07) is 0.587. The van der Waals surface area contributed by atoms with Crippen LogP contribution in [-0.2, 0) is 10.0 Å². The number of piperidine rings is 1. The van der Waals surface area contributed by atoms with Crippen molar-refractivity contribution >= 4 is 10.0 Å². The summed E-state index contributed by atoms with van der Waals surface area (Å²) in [5, 5.41) is 0. The molecule has 1 unspecified atom stereocenters. The van der Waals surface area contributed by atoms with Gasteiger partial charge in [0.2, 0.25) is 10.0 Å².